The van der Waals surface area contributed by atoms with Crippen molar-refractivity contribution in [3.05, 3.63) is 59.1 Å². The van der Waals surface area contributed by atoms with Gasteiger partial charge in [0.15, 0.2) is 23.5 Å². The largest absolute Gasteiger partial charge is 0.497 e. The van der Waals surface area contributed by atoms with Gasteiger partial charge in [-0.3, -0.25) is 4.72 Å². The number of ether oxygens (including phenoxy) is 7. The third-order valence-electron chi connectivity index (χ3n) is 6.25. The number of hydrogen-bond donors (Lipinski definition) is 1. The molecule has 3 aromatic rings. The average Bonchev–Trinajstić information content (AvgIpc) is 3.00. The normalized spacial score (nSPS) is 14.9. The molecular formula is C29H32ClNO10S. The molecule has 0 radical (unpaired) electrons. The lowest BCUT2D eigenvalue weighted by atomic mass is 10.1. The first-order chi connectivity index (χ1) is 20.2. The Hall–Kier alpha value is -3.87. The number of carbonyl (C=O) groups is 1. The van der Waals surface area contributed by atoms with Crippen LogP contribution in [0.4, 0.5) is 5.69 Å². The van der Waals surface area contributed by atoms with Crippen LogP contribution in [0.25, 0.3) is 0 Å². The van der Waals surface area contributed by atoms with Gasteiger partial charge in [-0.1, -0.05) is 11.6 Å². The summed E-state index contributed by atoms with van der Waals surface area (Å²) in [6.07, 6.45) is 1.39. The second kappa shape index (κ2) is 13.9. The second-order valence-corrected chi connectivity index (χ2v) is 11.1. The summed E-state index contributed by atoms with van der Waals surface area (Å²) in [5, 5.41) is 0.206. The molecule has 4 rings (SSSR count). The third-order valence-corrected chi connectivity index (χ3v) is 7.92. The van der Waals surface area contributed by atoms with Crippen molar-refractivity contribution in [2.45, 2.75) is 37.4 Å². The Morgan fingerprint density at radius 1 is 0.976 bits per heavy atom. The molecule has 1 unspecified atom stereocenters. The summed E-state index contributed by atoms with van der Waals surface area (Å²) in [5.41, 5.74) is -0.322. The number of rotatable bonds is 12. The van der Waals surface area contributed by atoms with Crippen LogP contribution < -0.4 is 28.4 Å². The Morgan fingerprint density at radius 3 is 2.31 bits per heavy atom. The topological polar surface area (TPSA) is 128 Å². The molecule has 11 nitrogen and oxygen atoms in total. The number of anilines is 1. The van der Waals surface area contributed by atoms with Crippen molar-refractivity contribution in [3.8, 4) is 34.5 Å². The van der Waals surface area contributed by atoms with Gasteiger partial charge in [0.05, 0.1) is 44.5 Å². The predicted molar refractivity (Wildman–Crippen MR) is 155 cm³/mol. The van der Waals surface area contributed by atoms with E-state index in [1.54, 1.807) is 19.1 Å². The highest BCUT2D eigenvalue weighted by Crippen LogP contribution is 2.50. The molecule has 226 valence electrons. The van der Waals surface area contributed by atoms with Gasteiger partial charge in [-0.15, -0.1) is 0 Å². The first-order valence-electron chi connectivity index (χ1n) is 13.1. The number of esters is 1. The molecule has 1 fully saturated rings. The molecule has 0 saturated carbocycles. The van der Waals surface area contributed by atoms with Crippen molar-refractivity contribution in [2.75, 3.05) is 39.3 Å². The molecule has 0 spiro atoms. The Kier molecular flexibility index (Phi) is 10.3. The summed E-state index contributed by atoms with van der Waals surface area (Å²) >= 11 is 6.44. The molecular weight excluding hydrogens is 590 g/mol. The first kappa shape index (κ1) is 31.1. The zero-order chi connectivity index (χ0) is 30.3. The summed E-state index contributed by atoms with van der Waals surface area (Å²) in [4.78, 5) is 12.9. The van der Waals surface area contributed by atoms with E-state index in [0.29, 0.717) is 24.5 Å². The molecule has 1 saturated heterocycles. The summed E-state index contributed by atoms with van der Waals surface area (Å²) in [7, 11) is -0.140. The molecule has 1 N–H and O–H groups in total. The van der Waals surface area contributed by atoms with E-state index in [9.17, 15) is 13.2 Å². The first-order valence-corrected chi connectivity index (χ1v) is 15.0. The summed E-state index contributed by atoms with van der Waals surface area (Å²) in [5.74, 6) is -0.00132. The van der Waals surface area contributed by atoms with Gasteiger partial charge >= 0.3 is 5.97 Å². The molecule has 0 aromatic heterocycles. The highest BCUT2D eigenvalue weighted by atomic mass is 35.5. The highest BCUT2D eigenvalue weighted by Gasteiger charge is 2.32. The van der Waals surface area contributed by atoms with Gasteiger partial charge < -0.3 is 33.2 Å². The molecule has 1 atom stereocenters. The molecule has 1 aliphatic rings. The zero-order valence-electron chi connectivity index (χ0n) is 23.6. The van der Waals surface area contributed by atoms with Gasteiger partial charge in [-0.25, -0.2) is 13.2 Å². The maximum atomic E-state index is 13.7. The molecule has 0 amide bonds. The Labute approximate surface area is 249 Å². The van der Waals surface area contributed by atoms with Crippen LogP contribution in [0.15, 0.2) is 53.4 Å². The quantitative estimate of drug-likeness (QED) is 0.239. The number of halogens is 1. The number of carbonyl (C=O) groups excluding carboxylic acids is 1. The lowest BCUT2D eigenvalue weighted by molar-refractivity contribution is -0.105. The van der Waals surface area contributed by atoms with Gasteiger partial charge in [0.2, 0.25) is 0 Å². The van der Waals surface area contributed by atoms with Gasteiger partial charge in [-0.05, 0) is 56.2 Å². The van der Waals surface area contributed by atoms with E-state index >= 15 is 0 Å². The van der Waals surface area contributed by atoms with Gasteiger partial charge in [-0.2, -0.15) is 0 Å². The van der Waals surface area contributed by atoms with Crippen LogP contribution in [0.2, 0.25) is 5.02 Å². The Balaban J connectivity index is 1.96. The van der Waals surface area contributed by atoms with Gasteiger partial charge in [0, 0.05) is 18.6 Å². The summed E-state index contributed by atoms with van der Waals surface area (Å²) in [6, 6.07) is 11.9. The van der Waals surface area contributed by atoms with E-state index in [1.165, 1.54) is 57.7 Å². The van der Waals surface area contributed by atoms with Crippen LogP contribution in [-0.4, -0.2) is 55.2 Å². The van der Waals surface area contributed by atoms with E-state index in [1.807, 2.05) is 0 Å². The van der Waals surface area contributed by atoms with Gasteiger partial charge in [0.1, 0.15) is 28.5 Å². The van der Waals surface area contributed by atoms with Crippen molar-refractivity contribution in [1.82, 2.24) is 0 Å². The smallest absolute Gasteiger partial charge is 0.341 e. The highest BCUT2D eigenvalue weighted by molar-refractivity contribution is 7.92. The zero-order valence-corrected chi connectivity index (χ0v) is 25.2. The number of methoxy groups -OCH3 is 3. The molecule has 42 heavy (non-hydrogen) atoms. The predicted octanol–water partition coefficient (Wildman–Crippen LogP) is 6.04. The van der Waals surface area contributed by atoms with Crippen LogP contribution in [0.3, 0.4) is 0 Å². The fraction of sp³-hybridized carbons (Fsp3) is 0.345. The van der Waals surface area contributed by atoms with Crippen molar-refractivity contribution >= 4 is 33.3 Å². The van der Waals surface area contributed by atoms with Crippen molar-refractivity contribution in [3.63, 3.8) is 0 Å². The molecule has 0 aliphatic carbocycles. The SMILES string of the molecule is CCOc1cc(C(=O)OC)c(OC2CCCCO2)c(NS(=O)(=O)c2ccc(OC)cc2)c1Oc1cc(OC)ccc1Cl. The monoisotopic (exact) mass is 621 g/mol. The van der Waals surface area contributed by atoms with E-state index in [0.717, 1.165) is 12.8 Å². The van der Waals surface area contributed by atoms with Crippen LogP contribution in [0, 0.1) is 0 Å². The van der Waals surface area contributed by atoms with Crippen LogP contribution >= 0.6 is 11.6 Å². The Morgan fingerprint density at radius 2 is 1.69 bits per heavy atom. The molecule has 13 heteroatoms. The second-order valence-electron chi connectivity index (χ2n) is 8.97. The average molecular weight is 622 g/mol. The molecule has 1 aliphatic heterocycles. The minimum absolute atomic E-state index is 0.0288. The summed E-state index contributed by atoms with van der Waals surface area (Å²) < 4.78 is 69.5. The van der Waals surface area contributed by atoms with Crippen molar-refractivity contribution in [2.24, 2.45) is 0 Å². The van der Waals surface area contributed by atoms with Crippen LogP contribution in [-0.2, 0) is 19.5 Å². The summed E-state index contributed by atoms with van der Waals surface area (Å²) in [6.45, 7) is 2.31. The number of hydrogen-bond acceptors (Lipinski definition) is 10. The molecule has 0 bridgehead atoms. The maximum Gasteiger partial charge on any atom is 0.341 e. The number of benzene rings is 3. The van der Waals surface area contributed by atoms with Crippen LogP contribution in [0.5, 0.6) is 34.5 Å². The number of nitrogens with one attached hydrogen (secondary N) is 1. The minimum atomic E-state index is -4.29. The van der Waals surface area contributed by atoms with E-state index in [-0.39, 0.29) is 50.8 Å². The fourth-order valence-corrected chi connectivity index (χ4v) is 5.37. The lowest BCUT2D eigenvalue weighted by Crippen LogP contribution is -2.27. The standard InChI is InChI=1S/C29H32ClNO10S/c1-5-38-24-17-21(29(32)37-4)27(41-25-8-6-7-15-39-25)26(28(24)40-23-16-19(36-3)11-14-22(23)30)31-42(33,34)20-12-9-18(35-2)10-13-20/h9-14,16-17,25,31H,5-8,15H2,1-4H3. The van der Waals surface area contributed by atoms with E-state index in [2.05, 4.69) is 4.72 Å². The number of sulfonamides is 1. The van der Waals surface area contributed by atoms with Crippen molar-refractivity contribution < 1.29 is 46.4 Å². The van der Waals surface area contributed by atoms with E-state index < -0.39 is 22.3 Å². The van der Waals surface area contributed by atoms with E-state index in [4.69, 9.17) is 44.8 Å². The lowest BCUT2D eigenvalue weighted by Gasteiger charge is -2.27. The Bertz CT molecular complexity index is 1510. The molecule has 1 heterocycles. The minimum Gasteiger partial charge on any atom is -0.497 e. The van der Waals surface area contributed by atoms with Crippen LogP contribution in [0.1, 0.15) is 36.5 Å². The maximum absolute atomic E-state index is 13.7. The fourth-order valence-electron chi connectivity index (χ4n) is 4.15. The molecule has 3 aromatic carbocycles. The van der Waals surface area contributed by atoms with Crippen molar-refractivity contribution in [1.29, 1.82) is 0 Å². The third kappa shape index (κ3) is 7.12. The van der Waals surface area contributed by atoms with Gasteiger partial charge in [0.25, 0.3) is 10.0 Å².